The average Bonchev–Trinajstić information content (AvgIpc) is 2.53. The van der Waals surface area contributed by atoms with Gasteiger partial charge in [-0.05, 0) is 32.4 Å². The Morgan fingerprint density at radius 3 is 2.78 bits per heavy atom. The minimum atomic E-state index is -0.416. The summed E-state index contributed by atoms with van der Waals surface area (Å²) in [5.74, 6) is -1.07. The van der Waals surface area contributed by atoms with Crippen LogP contribution in [0.15, 0.2) is 41.2 Å². The maximum absolute atomic E-state index is 12.6. The minimum Gasteiger partial charge on any atom is -0.466 e. The fraction of sp³-hybridized carbons (Fsp3) is 0.389. The van der Waals surface area contributed by atoms with Gasteiger partial charge >= 0.3 is 5.97 Å². The Kier molecular flexibility index (Phi) is 4.03. The number of esters is 1. The molecule has 1 aromatic rings. The van der Waals surface area contributed by atoms with Gasteiger partial charge < -0.3 is 10.1 Å². The smallest absolute Gasteiger partial charge is 0.336 e. The molecule has 2 unspecified atom stereocenters. The van der Waals surface area contributed by atoms with E-state index >= 15 is 0 Å². The molecule has 0 radical (unpaired) electrons. The van der Waals surface area contributed by atoms with Crippen LogP contribution in [-0.4, -0.2) is 23.8 Å². The Morgan fingerprint density at radius 1 is 1.30 bits per heavy atom. The standard InChI is InChI=1S/C18H20N2O3/c1-10-6-4-7-13(19-10)17-15(18(22)23-3)11(2)20-12-8-5-9-14(21)16(12)17/h4,6-8,16-17,20H,5,9H2,1-3H3. The van der Waals surface area contributed by atoms with Gasteiger partial charge in [-0.15, -0.1) is 0 Å². The van der Waals surface area contributed by atoms with E-state index in [1.54, 1.807) is 0 Å². The minimum absolute atomic E-state index is 0.136. The largest absolute Gasteiger partial charge is 0.466 e. The van der Waals surface area contributed by atoms with Crippen LogP contribution in [0, 0.1) is 12.8 Å². The summed E-state index contributed by atoms with van der Waals surface area (Å²) in [7, 11) is 1.36. The fourth-order valence-electron chi connectivity index (χ4n) is 3.45. The first-order valence-electron chi connectivity index (χ1n) is 7.75. The van der Waals surface area contributed by atoms with E-state index in [0.717, 1.165) is 29.2 Å². The summed E-state index contributed by atoms with van der Waals surface area (Å²) < 4.78 is 4.96. The molecule has 5 nitrogen and oxygen atoms in total. The van der Waals surface area contributed by atoms with E-state index in [1.165, 1.54) is 7.11 Å². The highest BCUT2D eigenvalue weighted by atomic mass is 16.5. The lowest BCUT2D eigenvalue weighted by Crippen LogP contribution is -2.41. The molecule has 0 spiro atoms. The summed E-state index contributed by atoms with van der Waals surface area (Å²) in [4.78, 5) is 29.5. The lowest BCUT2D eigenvalue weighted by molar-refractivity contribution is -0.136. The molecule has 2 aliphatic rings. The number of fused-ring (bicyclic) bond motifs is 1. The zero-order chi connectivity index (χ0) is 16.6. The molecule has 0 amide bonds. The number of nitrogens with one attached hydrogen (secondary N) is 1. The molecule has 1 aliphatic carbocycles. The third-order valence-electron chi connectivity index (χ3n) is 4.45. The molecule has 0 bridgehead atoms. The fourth-order valence-corrected chi connectivity index (χ4v) is 3.45. The van der Waals surface area contributed by atoms with Crippen LogP contribution < -0.4 is 5.32 Å². The molecule has 0 fully saturated rings. The number of carbonyl (C=O) groups is 2. The van der Waals surface area contributed by atoms with Gasteiger partial charge in [-0.25, -0.2) is 4.79 Å². The summed E-state index contributed by atoms with van der Waals surface area (Å²) >= 11 is 0. The van der Waals surface area contributed by atoms with E-state index in [4.69, 9.17) is 4.74 Å². The highest BCUT2D eigenvalue weighted by Gasteiger charge is 2.43. The zero-order valence-corrected chi connectivity index (χ0v) is 13.6. The van der Waals surface area contributed by atoms with Crippen molar-refractivity contribution < 1.29 is 14.3 Å². The monoisotopic (exact) mass is 312 g/mol. The topological polar surface area (TPSA) is 68.3 Å². The Morgan fingerprint density at radius 2 is 2.09 bits per heavy atom. The summed E-state index contributed by atoms with van der Waals surface area (Å²) in [6.07, 6.45) is 3.27. The Hall–Kier alpha value is -2.43. The third kappa shape index (κ3) is 2.67. The van der Waals surface area contributed by atoms with E-state index in [2.05, 4.69) is 10.3 Å². The van der Waals surface area contributed by atoms with E-state index in [9.17, 15) is 9.59 Å². The number of pyridine rings is 1. The van der Waals surface area contributed by atoms with Gasteiger partial charge in [-0.2, -0.15) is 0 Å². The number of hydrogen-bond acceptors (Lipinski definition) is 5. The van der Waals surface area contributed by atoms with Crippen LogP contribution >= 0.6 is 0 Å². The van der Waals surface area contributed by atoms with Crippen molar-refractivity contribution >= 4 is 11.8 Å². The van der Waals surface area contributed by atoms with Gasteiger partial charge in [-0.3, -0.25) is 9.78 Å². The van der Waals surface area contributed by atoms with Crippen LogP contribution in [0.25, 0.3) is 0 Å². The molecule has 23 heavy (non-hydrogen) atoms. The second-order valence-electron chi connectivity index (χ2n) is 5.98. The maximum Gasteiger partial charge on any atom is 0.336 e. The molecule has 2 heterocycles. The number of methoxy groups -OCH3 is 1. The number of nitrogens with zero attached hydrogens (tertiary/aromatic N) is 1. The SMILES string of the molecule is COC(=O)C1=C(C)NC2=CCCC(=O)C2C1c1cccc(C)n1. The molecule has 1 aliphatic heterocycles. The van der Waals surface area contributed by atoms with Gasteiger partial charge in [0.2, 0.25) is 0 Å². The first-order valence-corrected chi connectivity index (χ1v) is 7.75. The lowest BCUT2D eigenvalue weighted by Gasteiger charge is -2.37. The number of aryl methyl sites for hydroxylation is 1. The summed E-state index contributed by atoms with van der Waals surface area (Å²) in [6, 6.07) is 5.68. The summed E-state index contributed by atoms with van der Waals surface area (Å²) in [6.45, 7) is 3.74. The van der Waals surface area contributed by atoms with Crippen LogP contribution in [-0.2, 0) is 14.3 Å². The molecular weight excluding hydrogens is 292 g/mol. The van der Waals surface area contributed by atoms with Crippen molar-refractivity contribution in [3.63, 3.8) is 0 Å². The highest BCUT2D eigenvalue weighted by molar-refractivity contribution is 5.95. The predicted octanol–water partition coefficient (Wildman–Crippen LogP) is 2.39. The van der Waals surface area contributed by atoms with Crippen molar-refractivity contribution in [3.8, 4) is 0 Å². The second-order valence-corrected chi connectivity index (χ2v) is 5.98. The van der Waals surface area contributed by atoms with Crippen LogP contribution in [0.2, 0.25) is 0 Å². The van der Waals surface area contributed by atoms with E-state index in [0.29, 0.717) is 12.0 Å². The molecule has 2 atom stereocenters. The number of allylic oxidation sites excluding steroid dienone is 3. The van der Waals surface area contributed by atoms with Crippen molar-refractivity contribution in [2.75, 3.05) is 7.11 Å². The van der Waals surface area contributed by atoms with Crippen molar-refractivity contribution in [2.45, 2.75) is 32.6 Å². The van der Waals surface area contributed by atoms with Crippen molar-refractivity contribution in [1.82, 2.24) is 10.3 Å². The number of ketones is 1. The van der Waals surface area contributed by atoms with E-state index in [-0.39, 0.29) is 5.78 Å². The van der Waals surface area contributed by atoms with Crippen LogP contribution in [0.3, 0.4) is 0 Å². The van der Waals surface area contributed by atoms with E-state index < -0.39 is 17.8 Å². The number of carbonyl (C=O) groups excluding carboxylic acids is 2. The van der Waals surface area contributed by atoms with Crippen molar-refractivity contribution in [1.29, 1.82) is 0 Å². The maximum atomic E-state index is 12.6. The first kappa shape index (κ1) is 15.5. The Balaban J connectivity index is 2.20. The van der Waals surface area contributed by atoms with Crippen LogP contribution in [0.4, 0.5) is 0 Å². The lowest BCUT2D eigenvalue weighted by atomic mass is 9.72. The first-order chi connectivity index (χ1) is 11.0. The van der Waals surface area contributed by atoms with Gasteiger partial charge in [0.1, 0.15) is 5.78 Å². The highest BCUT2D eigenvalue weighted by Crippen LogP contribution is 2.43. The second kappa shape index (κ2) is 5.99. The normalized spacial score (nSPS) is 23.8. The van der Waals surface area contributed by atoms with Gasteiger partial charge in [0.15, 0.2) is 0 Å². The van der Waals surface area contributed by atoms with Crippen molar-refractivity contribution in [2.24, 2.45) is 5.92 Å². The van der Waals surface area contributed by atoms with Crippen LogP contribution in [0.5, 0.6) is 0 Å². The number of Topliss-reactive ketones (excluding diaryl/α,β-unsaturated/α-hetero) is 1. The molecule has 120 valence electrons. The molecule has 0 aromatic carbocycles. The Bertz CT molecular complexity index is 734. The van der Waals surface area contributed by atoms with Gasteiger partial charge in [0.05, 0.1) is 24.5 Å². The summed E-state index contributed by atoms with van der Waals surface area (Å²) in [5, 5.41) is 3.22. The number of ether oxygens (including phenoxy) is 1. The number of rotatable bonds is 2. The third-order valence-corrected chi connectivity index (χ3v) is 4.45. The molecular formula is C18H20N2O3. The number of hydrogen-bond donors (Lipinski definition) is 1. The average molecular weight is 312 g/mol. The van der Waals surface area contributed by atoms with Gasteiger partial charge in [-0.1, -0.05) is 12.1 Å². The predicted molar refractivity (Wildman–Crippen MR) is 85.4 cm³/mol. The molecule has 1 aromatic heterocycles. The van der Waals surface area contributed by atoms with E-state index in [1.807, 2.05) is 38.1 Å². The molecule has 3 rings (SSSR count). The quantitative estimate of drug-likeness (QED) is 0.849. The molecule has 5 heteroatoms. The van der Waals surface area contributed by atoms with Gasteiger partial charge in [0, 0.05) is 29.2 Å². The van der Waals surface area contributed by atoms with Crippen molar-refractivity contribution in [3.05, 3.63) is 52.6 Å². The van der Waals surface area contributed by atoms with Crippen LogP contribution in [0.1, 0.15) is 37.1 Å². The summed E-state index contributed by atoms with van der Waals surface area (Å²) in [5.41, 5.74) is 3.68. The zero-order valence-electron chi connectivity index (χ0n) is 13.6. The molecule has 0 saturated carbocycles. The Labute approximate surface area is 135 Å². The number of aromatic nitrogens is 1. The molecule has 1 N–H and O–H groups in total. The van der Waals surface area contributed by atoms with Gasteiger partial charge in [0.25, 0.3) is 0 Å². The molecule has 0 saturated heterocycles.